The van der Waals surface area contributed by atoms with Crippen molar-refractivity contribution in [3.8, 4) is 5.75 Å². The van der Waals surface area contributed by atoms with Crippen molar-refractivity contribution in [1.29, 1.82) is 0 Å². The van der Waals surface area contributed by atoms with E-state index in [4.69, 9.17) is 9.47 Å². The van der Waals surface area contributed by atoms with Crippen LogP contribution in [-0.2, 0) is 16.1 Å². The Labute approximate surface area is 257 Å². The summed E-state index contributed by atoms with van der Waals surface area (Å²) in [5.74, 6) is -0.144. The van der Waals surface area contributed by atoms with Crippen LogP contribution in [0.1, 0.15) is 65.2 Å². The van der Waals surface area contributed by atoms with E-state index in [-0.39, 0.29) is 18.6 Å². The van der Waals surface area contributed by atoms with E-state index in [0.29, 0.717) is 30.2 Å². The quantitative estimate of drug-likeness (QED) is 0.347. The molecule has 4 aliphatic rings. The Hall–Kier alpha value is -4.37. The Morgan fingerprint density at radius 2 is 1.61 bits per heavy atom. The monoisotopic (exact) mass is 597 g/mol. The normalized spacial score (nSPS) is 23.4. The summed E-state index contributed by atoms with van der Waals surface area (Å²) in [6, 6.07) is 23.4. The zero-order chi connectivity index (χ0) is 30.5. The van der Waals surface area contributed by atoms with Crippen molar-refractivity contribution >= 4 is 18.0 Å². The van der Waals surface area contributed by atoms with Crippen molar-refractivity contribution in [3.63, 3.8) is 0 Å². The van der Waals surface area contributed by atoms with Crippen LogP contribution in [0.4, 0.5) is 4.79 Å². The van der Waals surface area contributed by atoms with Crippen LogP contribution < -0.4 is 10.1 Å². The van der Waals surface area contributed by atoms with Crippen LogP contribution in [0, 0.1) is 5.92 Å². The number of likely N-dealkylation sites (tertiary alicyclic amines) is 1. The predicted octanol–water partition coefficient (Wildman–Crippen LogP) is 5.25. The first-order valence-corrected chi connectivity index (χ1v) is 15.5. The second-order valence-corrected chi connectivity index (χ2v) is 12.0. The van der Waals surface area contributed by atoms with Crippen molar-refractivity contribution in [3.05, 3.63) is 101 Å². The van der Waals surface area contributed by atoms with Gasteiger partial charge in [0.1, 0.15) is 24.5 Å². The molecule has 4 fully saturated rings. The molecule has 2 amide bonds. The first kappa shape index (κ1) is 29.7. The smallest absolute Gasteiger partial charge is 0.408 e. The molecule has 3 atom stereocenters. The number of benzene rings is 3. The van der Waals surface area contributed by atoms with Gasteiger partial charge in [-0.2, -0.15) is 0 Å². The zero-order valence-electron chi connectivity index (χ0n) is 24.8. The molecular formula is C35H39N3O6. The lowest BCUT2D eigenvalue weighted by Crippen LogP contribution is -2.52. The lowest BCUT2D eigenvalue weighted by atomic mass is 9.86. The number of carbonyl (C=O) groups is 3. The maximum absolute atomic E-state index is 13.1. The molecule has 3 aromatic carbocycles. The van der Waals surface area contributed by atoms with Gasteiger partial charge < -0.3 is 24.8 Å². The second-order valence-electron chi connectivity index (χ2n) is 12.0. The molecule has 0 saturated carbocycles. The van der Waals surface area contributed by atoms with Gasteiger partial charge in [-0.15, -0.1) is 0 Å². The summed E-state index contributed by atoms with van der Waals surface area (Å²) in [6.07, 6.45) is 3.74. The van der Waals surface area contributed by atoms with Gasteiger partial charge >= 0.3 is 12.1 Å². The number of alkyl carbamates (subject to hydrolysis) is 1. The number of piperidine rings is 4. The van der Waals surface area contributed by atoms with Gasteiger partial charge in [0.15, 0.2) is 0 Å². The van der Waals surface area contributed by atoms with Gasteiger partial charge in [0, 0.05) is 18.7 Å². The standard InChI is InChI=1S/C35H39N3O6/c39-33(38-18-5-4-11-30(38)34(40)41)27-14-12-24(13-15-27)23-43-29-10-6-9-28(21-29)32(26-7-2-1-3-8-26)36-35(42)44-31-22-37-19-16-25(31)17-20-37/h1-3,6-10,12-15,21,25,30-32H,4-5,11,16-20,22-23H2,(H,36,42)(H,40,41)/t30-,31-,32-/m0/s1. The Morgan fingerprint density at radius 1 is 0.864 bits per heavy atom. The molecule has 4 aliphatic heterocycles. The lowest BCUT2D eigenvalue weighted by molar-refractivity contribution is -0.143. The molecule has 0 radical (unpaired) electrons. The fraction of sp³-hybridized carbons (Fsp3) is 0.400. The van der Waals surface area contributed by atoms with Crippen LogP contribution in [0.2, 0.25) is 0 Å². The molecule has 2 N–H and O–H groups in total. The van der Waals surface area contributed by atoms with Gasteiger partial charge in [-0.3, -0.25) is 9.69 Å². The Bertz CT molecular complexity index is 1450. The van der Waals surface area contributed by atoms with E-state index in [1.807, 2.05) is 66.7 Å². The third-order valence-electron chi connectivity index (χ3n) is 9.10. The average Bonchev–Trinajstić information content (AvgIpc) is 3.07. The molecule has 0 aromatic heterocycles. The highest BCUT2D eigenvalue weighted by molar-refractivity contribution is 5.96. The third-order valence-corrected chi connectivity index (χ3v) is 9.10. The number of hydrogen-bond acceptors (Lipinski definition) is 6. The maximum atomic E-state index is 13.1. The first-order valence-electron chi connectivity index (χ1n) is 15.5. The summed E-state index contributed by atoms with van der Waals surface area (Å²) in [4.78, 5) is 41.6. The largest absolute Gasteiger partial charge is 0.489 e. The summed E-state index contributed by atoms with van der Waals surface area (Å²) in [5.41, 5.74) is 3.15. The SMILES string of the molecule is O=C(N[C@@H](c1ccccc1)c1cccc(OCc2ccc(C(=O)N3CCCC[C@H]3C(=O)O)cc2)c1)O[C@H]1CN2CCC1CC2. The maximum Gasteiger partial charge on any atom is 0.408 e. The first-order chi connectivity index (χ1) is 21.4. The third kappa shape index (κ3) is 6.89. The number of nitrogens with one attached hydrogen (secondary N) is 1. The molecule has 0 spiro atoms. The molecule has 3 aromatic rings. The van der Waals surface area contributed by atoms with E-state index >= 15 is 0 Å². The highest BCUT2D eigenvalue weighted by atomic mass is 16.6. The number of carboxylic acids is 1. The Balaban J connectivity index is 1.10. The van der Waals surface area contributed by atoms with Crippen molar-refractivity contribution in [2.75, 3.05) is 26.2 Å². The number of rotatable bonds is 9. The van der Waals surface area contributed by atoms with E-state index in [2.05, 4.69) is 10.2 Å². The number of carboxylic acid groups (broad SMARTS) is 1. The minimum atomic E-state index is -0.957. The number of carbonyl (C=O) groups excluding carboxylic acids is 2. The molecule has 230 valence electrons. The van der Waals surface area contributed by atoms with Gasteiger partial charge in [-0.25, -0.2) is 9.59 Å². The van der Waals surface area contributed by atoms with E-state index in [1.165, 1.54) is 4.90 Å². The van der Waals surface area contributed by atoms with Crippen molar-refractivity contribution in [2.45, 2.75) is 56.9 Å². The summed E-state index contributed by atoms with van der Waals surface area (Å²) in [7, 11) is 0. The van der Waals surface area contributed by atoms with Gasteiger partial charge in [0.2, 0.25) is 0 Å². The highest BCUT2D eigenvalue weighted by Crippen LogP contribution is 2.31. The van der Waals surface area contributed by atoms with Crippen molar-refractivity contribution in [1.82, 2.24) is 15.1 Å². The molecule has 9 heteroatoms. The number of amides is 2. The molecule has 44 heavy (non-hydrogen) atoms. The number of hydrogen-bond donors (Lipinski definition) is 2. The van der Waals surface area contributed by atoms with E-state index < -0.39 is 24.1 Å². The predicted molar refractivity (Wildman–Crippen MR) is 164 cm³/mol. The van der Waals surface area contributed by atoms with Crippen LogP contribution in [0.3, 0.4) is 0 Å². The molecular weight excluding hydrogens is 558 g/mol. The van der Waals surface area contributed by atoms with Crippen LogP contribution in [0.15, 0.2) is 78.9 Å². The minimum absolute atomic E-state index is 0.0799. The van der Waals surface area contributed by atoms with Crippen LogP contribution >= 0.6 is 0 Å². The average molecular weight is 598 g/mol. The molecule has 4 saturated heterocycles. The van der Waals surface area contributed by atoms with Gasteiger partial charge in [0.05, 0.1) is 6.04 Å². The summed E-state index contributed by atoms with van der Waals surface area (Å²) < 4.78 is 12.1. The Morgan fingerprint density at radius 3 is 2.32 bits per heavy atom. The molecule has 2 bridgehead atoms. The van der Waals surface area contributed by atoms with Crippen molar-refractivity contribution < 1.29 is 29.0 Å². The fourth-order valence-corrected chi connectivity index (χ4v) is 6.63. The fourth-order valence-electron chi connectivity index (χ4n) is 6.63. The van der Waals surface area contributed by atoms with Gasteiger partial charge in [0.25, 0.3) is 5.91 Å². The number of ether oxygens (including phenoxy) is 2. The van der Waals surface area contributed by atoms with Crippen LogP contribution in [-0.4, -0.2) is 71.2 Å². The van der Waals surface area contributed by atoms with Crippen molar-refractivity contribution in [2.24, 2.45) is 5.92 Å². The second kappa shape index (κ2) is 13.5. The number of aliphatic carboxylic acids is 1. The summed E-state index contributed by atoms with van der Waals surface area (Å²) in [5, 5.41) is 12.6. The summed E-state index contributed by atoms with van der Waals surface area (Å²) >= 11 is 0. The van der Waals surface area contributed by atoms with E-state index in [0.717, 1.165) is 62.0 Å². The minimum Gasteiger partial charge on any atom is -0.489 e. The van der Waals surface area contributed by atoms with E-state index in [9.17, 15) is 19.5 Å². The molecule has 4 heterocycles. The summed E-state index contributed by atoms with van der Waals surface area (Å²) in [6.45, 7) is 3.70. The van der Waals surface area contributed by atoms with Crippen LogP contribution in [0.25, 0.3) is 0 Å². The van der Waals surface area contributed by atoms with Gasteiger partial charge in [-0.1, -0.05) is 54.6 Å². The van der Waals surface area contributed by atoms with E-state index in [1.54, 1.807) is 12.1 Å². The van der Waals surface area contributed by atoms with Gasteiger partial charge in [-0.05, 0) is 92.1 Å². The number of nitrogens with zero attached hydrogens (tertiary/aromatic N) is 2. The Kier molecular flexibility index (Phi) is 9.12. The molecule has 9 nitrogen and oxygen atoms in total. The molecule has 0 unspecified atom stereocenters. The van der Waals surface area contributed by atoms with Crippen LogP contribution in [0.5, 0.6) is 5.75 Å². The molecule has 0 aliphatic carbocycles. The molecule has 7 rings (SSSR count). The lowest BCUT2D eigenvalue weighted by Gasteiger charge is -2.43. The topological polar surface area (TPSA) is 108 Å². The zero-order valence-corrected chi connectivity index (χ0v) is 24.8. The highest BCUT2D eigenvalue weighted by Gasteiger charge is 2.37. The number of fused-ring (bicyclic) bond motifs is 3.